The van der Waals surface area contributed by atoms with Crippen LogP contribution in [0.15, 0.2) is 47.4 Å². The third-order valence-corrected chi connectivity index (χ3v) is 7.06. The number of hydrogen-bond acceptors (Lipinski definition) is 7. The molecule has 2 aromatic rings. The summed E-state index contributed by atoms with van der Waals surface area (Å²) < 4.78 is 55.7. The van der Waals surface area contributed by atoms with Crippen LogP contribution < -0.4 is 20.1 Å². The Labute approximate surface area is 197 Å². The molecule has 0 aromatic heterocycles. The van der Waals surface area contributed by atoms with E-state index in [0.717, 1.165) is 34.1 Å². The summed E-state index contributed by atoms with van der Waals surface area (Å²) >= 11 is 0. The molecule has 1 saturated heterocycles. The number of benzene rings is 2. The topological polar surface area (TPSA) is 123 Å². The highest BCUT2D eigenvalue weighted by molar-refractivity contribution is 7.89. The van der Waals surface area contributed by atoms with Crippen molar-refractivity contribution in [2.45, 2.75) is 17.5 Å². The van der Waals surface area contributed by atoms with E-state index < -0.39 is 33.9 Å². The summed E-state index contributed by atoms with van der Waals surface area (Å²) in [5, 5.41) is 4.90. The zero-order chi connectivity index (χ0) is 24.7. The molecule has 0 saturated carbocycles. The van der Waals surface area contributed by atoms with E-state index in [0.29, 0.717) is 17.9 Å². The minimum atomic E-state index is -3.96. The van der Waals surface area contributed by atoms with E-state index in [2.05, 4.69) is 10.6 Å². The second kappa shape index (κ2) is 11.3. The Morgan fingerprint density at radius 1 is 1.06 bits per heavy atom. The Hall–Kier alpha value is -3.22. The van der Waals surface area contributed by atoms with E-state index in [4.69, 9.17) is 14.2 Å². The summed E-state index contributed by atoms with van der Waals surface area (Å²) in [6, 6.07) is 9.75. The molecule has 0 aliphatic carbocycles. The van der Waals surface area contributed by atoms with Gasteiger partial charge in [0.05, 0.1) is 32.3 Å². The van der Waals surface area contributed by atoms with Gasteiger partial charge in [-0.3, -0.25) is 9.59 Å². The Morgan fingerprint density at radius 3 is 2.41 bits per heavy atom. The van der Waals surface area contributed by atoms with E-state index in [9.17, 15) is 22.4 Å². The summed E-state index contributed by atoms with van der Waals surface area (Å²) in [6.07, 6.45) is -0.534. The second-order valence-corrected chi connectivity index (χ2v) is 9.19. The van der Waals surface area contributed by atoms with Crippen molar-refractivity contribution in [3.8, 4) is 11.5 Å². The fraction of sp³-hybridized carbons (Fsp3) is 0.364. The Kier molecular flexibility index (Phi) is 8.42. The van der Waals surface area contributed by atoms with Gasteiger partial charge >= 0.3 is 11.8 Å². The van der Waals surface area contributed by atoms with E-state index in [-0.39, 0.29) is 31.1 Å². The molecule has 1 heterocycles. The monoisotopic (exact) mass is 495 g/mol. The van der Waals surface area contributed by atoms with E-state index in [1.807, 2.05) is 6.07 Å². The highest BCUT2D eigenvalue weighted by atomic mass is 32.2. The Balaban J connectivity index is 1.49. The molecule has 0 radical (unpaired) electrons. The number of nitrogens with zero attached hydrogens (tertiary/aromatic N) is 1. The van der Waals surface area contributed by atoms with Gasteiger partial charge in [-0.05, 0) is 48.4 Å². The predicted octanol–water partition coefficient (Wildman–Crippen LogP) is 0.665. The van der Waals surface area contributed by atoms with Gasteiger partial charge in [0.1, 0.15) is 12.0 Å². The average molecular weight is 496 g/mol. The van der Waals surface area contributed by atoms with Gasteiger partial charge in [-0.2, -0.15) is 4.31 Å². The predicted molar refractivity (Wildman–Crippen MR) is 119 cm³/mol. The van der Waals surface area contributed by atoms with Gasteiger partial charge < -0.3 is 24.8 Å². The lowest BCUT2D eigenvalue weighted by Crippen LogP contribution is -2.47. The van der Waals surface area contributed by atoms with Crippen molar-refractivity contribution in [3.05, 3.63) is 53.8 Å². The molecular weight excluding hydrogens is 469 g/mol. The molecule has 1 fully saturated rings. The van der Waals surface area contributed by atoms with Crippen molar-refractivity contribution in [2.75, 3.05) is 40.5 Å². The SMILES string of the molecule is COc1ccc(CCNC(=O)C(=O)NC[C@@H]2OCCN2S(=O)(=O)c2ccc(F)cc2)cc1OC. The maximum Gasteiger partial charge on any atom is 0.309 e. The number of rotatable bonds is 9. The van der Waals surface area contributed by atoms with E-state index >= 15 is 0 Å². The number of nitrogens with one attached hydrogen (secondary N) is 2. The lowest BCUT2D eigenvalue weighted by atomic mass is 10.1. The summed E-state index contributed by atoms with van der Waals surface area (Å²) in [5.41, 5.74) is 0.874. The minimum absolute atomic E-state index is 0.0672. The van der Waals surface area contributed by atoms with Crippen molar-refractivity contribution >= 4 is 21.8 Å². The average Bonchev–Trinajstić information content (AvgIpc) is 3.32. The fourth-order valence-electron chi connectivity index (χ4n) is 3.38. The molecule has 0 spiro atoms. The largest absolute Gasteiger partial charge is 0.493 e. The first-order chi connectivity index (χ1) is 16.3. The lowest BCUT2D eigenvalue weighted by Gasteiger charge is -2.22. The number of ether oxygens (including phenoxy) is 3. The van der Waals surface area contributed by atoms with Crippen LogP contribution in [0.25, 0.3) is 0 Å². The third kappa shape index (κ3) is 6.01. The molecule has 3 rings (SSSR count). The number of hydrogen-bond donors (Lipinski definition) is 2. The molecule has 2 N–H and O–H groups in total. The fourth-order valence-corrected chi connectivity index (χ4v) is 4.89. The molecule has 12 heteroatoms. The highest BCUT2D eigenvalue weighted by Crippen LogP contribution is 2.27. The third-order valence-electron chi connectivity index (χ3n) is 5.15. The van der Waals surface area contributed by atoms with E-state index in [1.165, 1.54) is 14.2 Å². The molecule has 2 aromatic carbocycles. The Bertz CT molecular complexity index is 1130. The maximum atomic E-state index is 13.1. The number of carbonyl (C=O) groups is 2. The maximum absolute atomic E-state index is 13.1. The number of halogens is 1. The van der Waals surface area contributed by atoms with Gasteiger partial charge in [-0.25, -0.2) is 12.8 Å². The molecular formula is C22H26FN3O7S. The standard InChI is InChI=1S/C22H26FN3O7S/c1-31-18-8-3-15(13-19(18)32-2)9-10-24-21(27)22(28)25-14-20-26(11-12-33-20)34(29,30)17-6-4-16(23)5-7-17/h3-8,13,20H,9-12,14H2,1-2H3,(H,24,27)(H,25,28)/t20-/m0/s1. The minimum Gasteiger partial charge on any atom is -0.493 e. The molecule has 34 heavy (non-hydrogen) atoms. The first-order valence-electron chi connectivity index (χ1n) is 10.4. The van der Waals surface area contributed by atoms with Gasteiger partial charge in [0, 0.05) is 13.1 Å². The normalized spacial score (nSPS) is 16.1. The summed E-state index contributed by atoms with van der Waals surface area (Å²) in [5.74, 6) is -1.19. The molecule has 1 aliphatic rings. The van der Waals surface area contributed by atoms with Gasteiger partial charge in [-0.15, -0.1) is 0 Å². The van der Waals surface area contributed by atoms with Crippen LogP contribution in [0, 0.1) is 5.82 Å². The summed E-state index contributed by atoms with van der Waals surface area (Å²) in [7, 11) is -0.904. The zero-order valence-corrected chi connectivity index (χ0v) is 19.6. The highest BCUT2D eigenvalue weighted by Gasteiger charge is 2.36. The quantitative estimate of drug-likeness (QED) is 0.490. The van der Waals surface area contributed by atoms with Crippen molar-refractivity contribution in [1.29, 1.82) is 0 Å². The molecule has 10 nitrogen and oxygen atoms in total. The van der Waals surface area contributed by atoms with Crippen molar-refractivity contribution < 1.29 is 36.6 Å². The lowest BCUT2D eigenvalue weighted by molar-refractivity contribution is -0.139. The van der Waals surface area contributed by atoms with Gasteiger partial charge in [-0.1, -0.05) is 6.07 Å². The number of carbonyl (C=O) groups excluding carboxylic acids is 2. The number of amides is 2. The van der Waals surface area contributed by atoms with Crippen molar-refractivity contribution in [3.63, 3.8) is 0 Å². The van der Waals surface area contributed by atoms with Gasteiger partial charge in [0.2, 0.25) is 10.0 Å². The molecule has 1 atom stereocenters. The van der Waals surface area contributed by atoms with Crippen LogP contribution in [0.3, 0.4) is 0 Å². The smallest absolute Gasteiger partial charge is 0.309 e. The van der Waals surface area contributed by atoms with Crippen LogP contribution in [0.1, 0.15) is 5.56 Å². The molecule has 184 valence electrons. The van der Waals surface area contributed by atoms with Crippen LogP contribution in [-0.2, 0) is 30.8 Å². The van der Waals surface area contributed by atoms with Crippen molar-refractivity contribution in [1.82, 2.24) is 14.9 Å². The first kappa shape index (κ1) is 25.4. The van der Waals surface area contributed by atoms with Crippen LogP contribution >= 0.6 is 0 Å². The second-order valence-electron chi connectivity index (χ2n) is 7.30. The molecule has 0 unspecified atom stereocenters. The number of methoxy groups -OCH3 is 2. The zero-order valence-electron chi connectivity index (χ0n) is 18.7. The van der Waals surface area contributed by atoms with E-state index in [1.54, 1.807) is 12.1 Å². The van der Waals surface area contributed by atoms with Crippen LogP contribution in [0.5, 0.6) is 11.5 Å². The molecule has 1 aliphatic heterocycles. The van der Waals surface area contributed by atoms with Crippen LogP contribution in [-0.4, -0.2) is 71.2 Å². The number of sulfonamides is 1. The molecule has 2 amide bonds. The van der Waals surface area contributed by atoms with Crippen molar-refractivity contribution in [2.24, 2.45) is 0 Å². The van der Waals surface area contributed by atoms with Gasteiger partial charge in [0.25, 0.3) is 0 Å². The van der Waals surface area contributed by atoms with Crippen LogP contribution in [0.4, 0.5) is 4.39 Å². The van der Waals surface area contributed by atoms with Crippen LogP contribution in [0.2, 0.25) is 0 Å². The Morgan fingerprint density at radius 2 is 1.74 bits per heavy atom. The summed E-state index contributed by atoms with van der Waals surface area (Å²) in [4.78, 5) is 24.2. The molecule has 0 bridgehead atoms. The van der Waals surface area contributed by atoms with Gasteiger partial charge in [0.15, 0.2) is 11.5 Å². The summed E-state index contributed by atoms with van der Waals surface area (Å²) in [6.45, 7) is 0.172. The first-order valence-corrected chi connectivity index (χ1v) is 11.9.